The van der Waals surface area contributed by atoms with Gasteiger partial charge in [-0.2, -0.15) is 0 Å². The second-order valence-electron chi connectivity index (χ2n) is 18.8. The Balaban J connectivity index is 1.00. The van der Waals surface area contributed by atoms with Gasteiger partial charge in [0.2, 0.25) is 11.8 Å². The molecule has 3 aliphatic heterocycles. The minimum atomic E-state index is -0.712. The standard InChI is InChI=1S/C50H62N8O7/c1-9-25(3)40(55-49(61)63-7)47(59)57-27(5)11-19-37(57)45-51-36-18-16-30-22-35-33-17-15-31(21-32(33)24-65-39(35)23-34(30)44(36)54-45)43-42(29-13-14-29)52-46(53-43)38-20-12-28(6)58(38)48(60)41(26(4)10-2)56-50(62)64-8/h15-18,21-23,25-29,37-38,40-41H,9-14,19-20,24H2,1-8H3,(H,51,54)(H,52,53)(H,55,61)(H,56,62)/t25-,26-,27-,28-,37-,38-,40-,41-/m0/s1. The van der Waals surface area contributed by atoms with E-state index < -0.39 is 24.3 Å². The van der Waals surface area contributed by atoms with Crippen LogP contribution in [0.5, 0.6) is 5.75 Å². The van der Waals surface area contributed by atoms with Crippen LogP contribution < -0.4 is 15.4 Å². The van der Waals surface area contributed by atoms with Crippen molar-refractivity contribution < 1.29 is 33.4 Å². The zero-order valence-electron chi connectivity index (χ0n) is 38.7. The molecule has 3 fully saturated rings. The Bertz CT molecular complexity index is 2650. The number of hydrogen-bond donors (Lipinski definition) is 4. The summed E-state index contributed by atoms with van der Waals surface area (Å²) in [5.41, 5.74) is 7.90. The summed E-state index contributed by atoms with van der Waals surface area (Å²) in [6.45, 7) is 12.5. The molecule has 8 atom stereocenters. The molecule has 15 nitrogen and oxygen atoms in total. The zero-order chi connectivity index (χ0) is 45.8. The largest absolute Gasteiger partial charge is 0.488 e. The van der Waals surface area contributed by atoms with Gasteiger partial charge in [-0.3, -0.25) is 9.59 Å². The molecule has 1 aliphatic carbocycles. The molecule has 2 saturated heterocycles. The van der Waals surface area contributed by atoms with Crippen molar-refractivity contribution in [2.24, 2.45) is 11.8 Å². The highest BCUT2D eigenvalue weighted by Crippen LogP contribution is 2.48. The van der Waals surface area contributed by atoms with Crippen molar-refractivity contribution >= 4 is 45.8 Å². The van der Waals surface area contributed by atoms with Crippen LogP contribution in [0.25, 0.3) is 44.2 Å². The topological polar surface area (TPSA) is 184 Å². The summed E-state index contributed by atoms with van der Waals surface area (Å²) < 4.78 is 16.3. The Labute approximate surface area is 379 Å². The molecule has 9 rings (SSSR count). The Kier molecular flexibility index (Phi) is 12.0. The van der Waals surface area contributed by atoms with Gasteiger partial charge < -0.3 is 44.6 Å². The SMILES string of the molecule is CC[C@H](C)[C@H](NC(=O)OC)C(=O)N1[C@@H](C)CC[C@H]1c1nc(-c2ccc3c(c2)COc2cc4c(ccc5[nH]c([C@@H]6CC[C@H](C)N6C(=O)[C@@H](NC(=O)OC)[C@@H](C)CC)nc54)cc2-3)c(C2CC2)[nH]1. The number of likely N-dealkylation sites (tertiary alicyclic amines) is 2. The number of nitrogens with one attached hydrogen (secondary N) is 4. The average Bonchev–Trinajstić information content (AvgIpc) is 3.58. The van der Waals surface area contributed by atoms with Gasteiger partial charge in [0.25, 0.3) is 0 Å². The molecule has 0 radical (unpaired) electrons. The number of hydrogen-bond acceptors (Lipinski definition) is 9. The van der Waals surface area contributed by atoms with Crippen molar-refractivity contribution in [1.82, 2.24) is 40.4 Å². The van der Waals surface area contributed by atoms with Gasteiger partial charge in [-0.25, -0.2) is 19.6 Å². The first-order valence-corrected chi connectivity index (χ1v) is 23.5. The Morgan fingerprint density at radius 1 is 0.754 bits per heavy atom. The van der Waals surface area contributed by atoms with Crippen LogP contribution in [0.15, 0.2) is 42.5 Å². The third-order valence-electron chi connectivity index (χ3n) is 14.7. The number of rotatable bonds is 12. The molecule has 0 unspecified atom stereocenters. The number of benzene rings is 3. The summed E-state index contributed by atoms with van der Waals surface area (Å²) >= 11 is 0. The highest BCUT2D eigenvalue weighted by Gasteiger charge is 2.44. The van der Waals surface area contributed by atoms with E-state index in [9.17, 15) is 19.2 Å². The van der Waals surface area contributed by atoms with E-state index in [0.29, 0.717) is 12.5 Å². The molecule has 1 saturated carbocycles. The average molecular weight is 887 g/mol. The van der Waals surface area contributed by atoms with E-state index in [4.69, 9.17) is 24.2 Å². The van der Waals surface area contributed by atoms with E-state index >= 15 is 0 Å². The van der Waals surface area contributed by atoms with E-state index in [2.05, 4.69) is 70.8 Å². The van der Waals surface area contributed by atoms with Crippen molar-refractivity contribution in [2.75, 3.05) is 14.2 Å². The fraction of sp³-hybridized carbons (Fsp3) is 0.520. The molecule has 3 aromatic carbocycles. The molecule has 4 aliphatic rings. The number of alkyl carbamates (subject to hydrolysis) is 2. The maximum Gasteiger partial charge on any atom is 0.407 e. The molecule has 0 spiro atoms. The van der Waals surface area contributed by atoms with Gasteiger partial charge in [0.05, 0.1) is 43.0 Å². The summed E-state index contributed by atoms with van der Waals surface area (Å²) in [5, 5.41) is 7.60. The molecule has 0 bridgehead atoms. The minimum absolute atomic E-state index is 0.0117. The summed E-state index contributed by atoms with van der Waals surface area (Å²) in [4.78, 5) is 74.6. The fourth-order valence-electron chi connectivity index (χ4n) is 10.4. The van der Waals surface area contributed by atoms with E-state index in [1.165, 1.54) is 14.2 Å². The van der Waals surface area contributed by atoms with E-state index in [1.54, 1.807) is 0 Å². The predicted molar refractivity (Wildman–Crippen MR) is 247 cm³/mol. The molecule has 2 aromatic heterocycles. The quantitative estimate of drug-likeness (QED) is 0.0949. The number of aromatic nitrogens is 4. The number of carbonyl (C=O) groups excluding carboxylic acids is 4. The van der Waals surface area contributed by atoms with Gasteiger partial charge in [-0.05, 0) is 105 Å². The van der Waals surface area contributed by atoms with Gasteiger partial charge in [0.15, 0.2) is 0 Å². The number of nitrogens with zero attached hydrogens (tertiary/aromatic N) is 4. The number of aromatic amines is 2. The first kappa shape index (κ1) is 44.1. The highest BCUT2D eigenvalue weighted by atomic mass is 16.5. The monoisotopic (exact) mass is 886 g/mol. The van der Waals surface area contributed by atoms with Crippen LogP contribution in [-0.4, -0.2) is 92.1 Å². The number of ether oxygens (including phenoxy) is 3. The summed E-state index contributed by atoms with van der Waals surface area (Å²) in [7, 11) is 2.62. The first-order chi connectivity index (χ1) is 31.3. The Hall–Kier alpha value is -6.12. The van der Waals surface area contributed by atoms with E-state index in [0.717, 1.165) is 124 Å². The lowest BCUT2D eigenvalue weighted by atomic mass is 9.92. The van der Waals surface area contributed by atoms with Gasteiger partial charge in [-0.1, -0.05) is 58.7 Å². The predicted octanol–water partition coefficient (Wildman–Crippen LogP) is 9.19. The molecule has 5 aromatic rings. The summed E-state index contributed by atoms with van der Waals surface area (Å²) in [6.07, 6.45) is 5.57. The van der Waals surface area contributed by atoms with Crippen molar-refractivity contribution in [3.05, 3.63) is 65.4 Å². The molecule has 65 heavy (non-hydrogen) atoms. The third kappa shape index (κ3) is 8.05. The number of imidazole rings is 2. The van der Waals surface area contributed by atoms with Crippen molar-refractivity contribution in [3.8, 4) is 28.1 Å². The highest BCUT2D eigenvalue weighted by molar-refractivity contribution is 6.07. The fourth-order valence-corrected chi connectivity index (χ4v) is 10.4. The Morgan fingerprint density at radius 2 is 1.35 bits per heavy atom. The zero-order valence-corrected chi connectivity index (χ0v) is 38.7. The van der Waals surface area contributed by atoms with Crippen LogP contribution >= 0.6 is 0 Å². The van der Waals surface area contributed by atoms with E-state index in [-0.39, 0.29) is 47.8 Å². The molecular formula is C50H62N8O7. The molecule has 344 valence electrons. The molecule has 4 N–H and O–H groups in total. The van der Waals surface area contributed by atoms with Gasteiger partial charge in [-0.15, -0.1) is 0 Å². The summed E-state index contributed by atoms with van der Waals surface area (Å²) in [6, 6.07) is 13.0. The smallest absolute Gasteiger partial charge is 0.407 e. The lowest BCUT2D eigenvalue weighted by Gasteiger charge is -2.33. The van der Waals surface area contributed by atoms with Crippen LogP contribution in [0, 0.1) is 11.8 Å². The van der Waals surface area contributed by atoms with Crippen LogP contribution in [0.3, 0.4) is 0 Å². The van der Waals surface area contributed by atoms with Gasteiger partial charge >= 0.3 is 12.2 Å². The molecule has 15 heteroatoms. The molecule has 4 amide bonds. The number of methoxy groups -OCH3 is 2. The van der Waals surface area contributed by atoms with Gasteiger partial charge in [0.1, 0.15) is 36.1 Å². The molecular weight excluding hydrogens is 825 g/mol. The number of H-pyrrole nitrogens is 2. The van der Waals surface area contributed by atoms with Crippen LogP contribution in [0.1, 0.15) is 134 Å². The number of fused-ring (bicyclic) bond motifs is 6. The lowest BCUT2D eigenvalue weighted by molar-refractivity contribution is -0.138. The minimum Gasteiger partial charge on any atom is -0.488 e. The maximum absolute atomic E-state index is 14.3. The molecule has 5 heterocycles. The third-order valence-corrected chi connectivity index (χ3v) is 14.7. The maximum atomic E-state index is 14.3. The normalized spacial score (nSPS) is 22.2. The van der Waals surface area contributed by atoms with Crippen LogP contribution in [-0.2, 0) is 25.7 Å². The van der Waals surface area contributed by atoms with Crippen molar-refractivity contribution in [2.45, 2.75) is 142 Å². The van der Waals surface area contributed by atoms with Crippen molar-refractivity contribution in [1.29, 1.82) is 0 Å². The lowest BCUT2D eigenvalue weighted by Crippen LogP contribution is -2.53. The number of amides is 4. The van der Waals surface area contributed by atoms with Crippen LogP contribution in [0.4, 0.5) is 9.59 Å². The van der Waals surface area contributed by atoms with Crippen LogP contribution in [0.2, 0.25) is 0 Å². The van der Waals surface area contributed by atoms with Crippen molar-refractivity contribution in [3.63, 3.8) is 0 Å². The second kappa shape index (κ2) is 17.7. The summed E-state index contributed by atoms with van der Waals surface area (Å²) in [5.74, 6) is 2.27. The van der Waals surface area contributed by atoms with Gasteiger partial charge in [0, 0.05) is 40.2 Å². The number of carbonyl (C=O) groups is 4. The first-order valence-electron chi connectivity index (χ1n) is 23.5. The Morgan fingerprint density at radius 3 is 1.92 bits per heavy atom. The van der Waals surface area contributed by atoms with E-state index in [1.807, 2.05) is 43.6 Å². The second-order valence-corrected chi connectivity index (χ2v) is 18.8.